The number of para-hydroxylation sites is 2. The summed E-state index contributed by atoms with van der Waals surface area (Å²) in [5, 5.41) is 4.44. The predicted octanol–water partition coefficient (Wildman–Crippen LogP) is 3.57. The number of rotatable bonds is 5. The van der Waals surface area contributed by atoms with Gasteiger partial charge in [0.15, 0.2) is 0 Å². The molecule has 1 heterocycles. The Labute approximate surface area is 124 Å². The molecule has 0 fully saturated rings. The Balaban J connectivity index is 1.78. The maximum absolute atomic E-state index is 5.84. The molecule has 21 heavy (non-hydrogen) atoms. The molecule has 1 atom stereocenters. The summed E-state index contributed by atoms with van der Waals surface area (Å²) in [4.78, 5) is 4.51. The van der Waals surface area contributed by atoms with E-state index in [1.165, 1.54) is 0 Å². The molecule has 0 bridgehead atoms. The van der Waals surface area contributed by atoms with Crippen molar-refractivity contribution in [3.63, 3.8) is 0 Å². The van der Waals surface area contributed by atoms with Gasteiger partial charge in [-0.05, 0) is 36.9 Å². The van der Waals surface area contributed by atoms with E-state index in [0.717, 1.165) is 22.2 Å². The third-order valence-electron chi connectivity index (χ3n) is 3.52. The molecule has 3 aromatic rings. The highest BCUT2D eigenvalue weighted by atomic mass is 16.5. The molecule has 0 aliphatic rings. The predicted molar refractivity (Wildman–Crippen MR) is 85.5 cm³/mol. The summed E-state index contributed by atoms with van der Waals surface area (Å²) < 4.78 is 5.84. The van der Waals surface area contributed by atoms with Gasteiger partial charge in [0, 0.05) is 11.6 Å². The van der Waals surface area contributed by atoms with Crippen molar-refractivity contribution in [2.45, 2.75) is 6.04 Å². The van der Waals surface area contributed by atoms with Crippen LogP contribution >= 0.6 is 0 Å². The molecular formula is C18H18N2O. The average molecular weight is 278 g/mol. The number of hydrogen-bond donors (Lipinski definition) is 1. The highest BCUT2D eigenvalue weighted by molar-refractivity contribution is 5.78. The van der Waals surface area contributed by atoms with Crippen molar-refractivity contribution < 1.29 is 4.74 Å². The summed E-state index contributed by atoms with van der Waals surface area (Å²) in [7, 11) is 1.94. The molecular weight excluding hydrogens is 260 g/mol. The smallest absolute Gasteiger partial charge is 0.119 e. The molecule has 106 valence electrons. The molecule has 1 N–H and O–H groups in total. The first-order valence-corrected chi connectivity index (χ1v) is 7.06. The van der Waals surface area contributed by atoms with Crippen molar-refractivity contribution >= 4 is 10.9 Å². The van der Waals surface area contributed by atoms with E-state index in [4.69, 9.17) is 4.74 Å². The minimum Gasteiger partial charge on any atom is -0.492 e. The zero-order valence-electron chi connectivity index (χ0n) is 12.0. The lowest BCUT2D eigenvalue weighted by molar-refractivity contribution is 0.273. The standard InChI is InChI=1S/C18H18N2O/c1-19-18(13-21-16-8-3-2-4-9-16)15-11-14-7-5-6-10-17(14)20-12-15/h2-12,18-19H,13H2,1H3. The van der Waals surface area contributed by atoms with E-state index in [-0.39, 0.29) is 6.04 Å². The van der Waals surface area contributed by atoms with Gasteiger partial charge in [-0.25, -0.2) is 0 Å². The maximum Gasteiger partial charge on any atom is 0.119 e. The van der Waals surface area contributed by atoms with Gasteiger partial charge in [-0.3, -0.25) is 4.98 Å². The largest absolute Gasteiger partial charge is 0.492 e. The Morgan fingerprint density at radius 1 is 1.05 bits per heavy atom. The first kappa shape index (κ1) is 13.6. The molecule has 0 radical (unpaired) electrons. The summed E-state index contributed by atoms with van der Waals surface area (Å²) in [6, 6.07) is 20.3. The van der Waals surface area contributed by atoms with Gasteiger partial charge >= 0.3 is 0 Å². The molecule has 1 aromatic heterocycles. The van der Waals surface area contributed by atoms with Crippen molar-refractivity contribution in [3.05, 3.63) is 72.4 Å². The Kier molecular flexibility index (Phi) is 4.12. The fourth-order valence-corrected chi connectivity index (χ4v) is 2.32. The van der Waals surface area contributed by atoms with Crippen molar-refractivity contribution in [2.75, 3.05) is 13.7 Å². The average Bonchev–Trinajstić information content (AvgIpc) is 2.56. The van der Waals surface area contributed by atoms with Crippen LogP contribution in [-0.2, 0) is 0 Å². The quantitative estimate of drug-likeness (QED) is 0.774. The molecule has 0 aliphatic carbocycles. The normalized spacial score (nSPS) is 12.2. The van der Waals surface area contributed by atoms with Gasteiger partial charge in [0.1, 0.15) is 12.4 Å². The highest BCUT2D eigenvalue weighted by Crippen LogP contribution is 2.19. The molecule has 0 spiro atoms. The lowest BCUT2D eigenvalue weighted by Gasteiger charge is -2.17. The van der Waals surface area contributed by atoms with Crippen molar-refractivity contribution in [1.29, 1.82) is 0 Å². The van der Waals surface area contributed by atoms with E-state index in [1.54, 1.807) is 0 Å². The first-order chi connectivity index (χ1) is 10.4. The van der Waals surface area contributed by atoms with Crippen LogP contribution < -0.4 is 10.1 Å². The topological polar surface area (TPSA) is 34.1 Å². The monoisotopic (exact) mass is 278 g/mol. The SMILES string of the molecule is CNC(COc1ccccc1)c1cnc2ccccc2c1. The molecule has 1 unspecified atom stereocenters. The number of nitrogens with one attached hydrogen (secondary N) is 1. The van der Waals surface area contributed by atoms with Crippen molar-refractivity contribution in [2.24, 2.45) is 0 Å². The van der Waals surface area contributed by atoms with Crippen LogP contribution in [0.25, 0.3) is 10.9 Å². The summed E-state index contributed by atoms with van der Waals surface area (Å²) in [6.07, 6.45) is 1.91. The second-order valence-electron chi connectivity index (χ2n) is 4.93. The highest BCUT2D eigenvalue weighted by Gasteiger charge is 2.11. The van der Waals surface area contributed by atoms with Gasteiger partial charge in [-0.2, -0.15) is 0 Å². The van der Waals surface area contributed by atoms with Crippen LogP contribution in [0.2, 0.25) is 0 Å². The fourth-order valence-electron chi connectivity index (χ4n) is 2.32. The molecule has 3 rings (SSSR count). The van der Waals surface area contributed by atoms with E-state index >= 15 is 0 Å². The summed E-state index contributed by atoms with van der Waals surface area (Å²) in [5.41, 5.74) is 2.15. The molecule has 0 saturated carbocycles. The van der Waals surface area contributed by atoms with E-state index in [1.807, 2.05) is 61.8 Å². The van der Waals surface area contributed by atoms with E-state index in [9.17, 15) is 0 Å². The van der Waals surface area contributed by atoms with Gasteiger partial charge in [0.25, 0.3) is 0 Å². The number of aromatic nitrogens is 1. The van der Waals surface area contributed by atoms with Crippen LogP contribution in [0.5, 0.6) is 5.75 Å². The van der Waals surface area contributed by atoms with E-state index in [0.29, 0.717) is 6.61 Å². The van der Waals surface area contributed by atoms with Gasteiger partial charge < -0.3 is 10.1 Å². The van der Waals surface area contributed by atoms with Crippen LogP contribution in [0.3, 0.4) is 0 Å². The second kappa shape index (κ2) is 6.37. The number of hydrogen-bond acceptors (Lipinski definition) is 3. The second-order valence-corrected chi connectivity index (χ2v) is 4.93. The van der Waals surface area contributed by atoms with Crippen LogP contribution in [0.4, 0.5) is 0 Å². The molecule has 2 aromatic carbocycles. The summed E-state index contributed by atoms with van der Waals surface area (Å²) in [6.45, 7) is 0.570. The Hall–Kier alpha value is -2.39. The van der Waals surface area contributed by atoms with Crippen molar-refractivity contribution in [3.8, 4) is 5.75 Å². The lowest BCUT2D eigenvalue weighted by atomic mass is 10.1. The number of benzene rings is 2. The van der Waals surface area contributed by atoms with Gasteiger partial charge in [0.05, 0.1) is 11.6 Å². The number of ether oxygens (including phenoxy) is 1. The number of fused-ring (bicyclic) bond motifs is 1. The first-order valence-electron chi connectivity index (χ1n) is 7.06. The zero-order valence-corrected chi connectivity index (χ0v) is 12.0. The molecule has 0 aliphatic heterocycles. The van der Waals surface area contributed by atoms with E-state index in [2.05, 4.69) is 22.4 Å². The number of nitrogens with zero attached hydrogens (tertiary/aromatic N) is 1. The van der Waals surface area contributed by atoms with Crippen LogP contribution in [-0.4, -0.2) is 18.6 Å². The maximum atomic E-state index is 5.84. The van der Waals surface area contributed by atoms with Crippen molar-refractivity contribution in [1.82, 2.24) is 10.3 Å². The number of pyridine rings is 1. The fraction of sp³-hybridized carbons (Fsp3) is 0.167. The van der Waals surface area contributed by atoms with Gasteiger partial charge in [-0.1, -0.05) is 36.4 Å². The van der Waals surface area contributed by atoms with Crippen LogP contribution in [0, 0.1) is 0 Å². The van der Waals surface area contributed by atoms with Crippen LogP contribution in [0.1, 0.15) is 11.6 Å². The minimum absolute atomic E-state index is 0.113. The lowest BCUT2D eigenvalue weighted by Crippen LogP contribution is -2.23. The molecule has 0 saturated heterocycles. The Bertz CT molecular complexity index is 712. The van der Waals surface area contributed by atoms with Gasteiger partial charge in [-0.15, -0.1) is 0 Å². The Morgan fingerprint density at radius 2 is 1.81 bits per heavy atom. The minimum atomic E-state index is 0.113. The zero-order chi connectivity index (χ0) is 14.5. The molecule has 3 nitrogen and oxygen atoms in total. The van der Waals surface area contributed by atoms with Gasteiger partial charge in [0.2, 0.25) is 0 Å². The summed E-state index contributed by atoms with van der Waals surface area (Å²) >= 11 is 0. The number of likely N-dealkylation sites (N-methyl/N-ethyl adjacent to an activating group) is 1. The van der Waals surface area contributed by atoms with E-state index < -0.39 is 0 Å². The third kappa shape index (κ3) is 3.20. The van der Waals surface area contributed by atoms with Crippen LogP contribution in [0.15, 0.2) is 66.9 Å². The third-order valence-corrected chi connectivity index (χ3v) is 3.52. The molecule has 0 amide bonds. The molecule has 3 heteroatoms. The summed E-state index contributed by atoms with van der Waals surface area (Å²) in [5.74, 6) is 0.881. The Morgan fingerprint density at radius 3 is 2.62 bits per heavy atom.